The van der Waals surface area contributed by atoms with Crippen molar-refractivity contribution in [2.75, 3.05) is 0 Å². The summed E-state index contributed by atoms with van der Waals surface area (Å²) in [6, 6.07) is 0. The fourth-order valence-corrected chi connectivity index (χ4v) is 8.58. The zero-order chi connectivity index (χ0) is 10.3. The van der Waals surface area contributed by atoms with Crippen molar-refractivity contribution in [3.63, 3.8) is 0 Å². The standard InChI is InChI=1S/C8H24O2Si3/c1-5-7(3)13(8(4)6-2)10-12-9-11/h7-8,13H,5-6,12H2,1-4,11H3. The van der Waals surface area contributed by atoms with Gasteiger partial charge in [-0.25, -0.2) is 0 Å². The van der Waals surface area contributed by atoms with Gasteiger partial charge in [-0.05, 0) is 11.1 Å². The van der Waals surface area contributed by atoms with Crippen molar-refractivity contribution in [3.8, 4) is 0 Å². The van der Waals surface area contributed by atoms with Crippen LogP contribution in [0.3, 0.4) is 0 Å². The van der Waals surface area contributed by atoms with Gasteiger partial charge in [0, 0.05) is 0 Å². The quantitative estimate of drug-likeness (QED) is 0.604. The van der Waals surface area contributed by atoms with Crippen molar-refractivity contribution in [2.45, 2.75) is 51.6 Å². The summed E-state index contributed by atoms with van der Waals surface area (Å²) >= 11 is 0. The average Bonchev–Trinajstić information content (AvgIpc) is 2.17. The minimum atomic E-state index is -0.981. The second-order valence-corrected chi connectivity index (χ2v) is 10.9. The third-order valence-corrected chi connectivity index (χ3v) is 9.00. The van der Waals surface area contributed by atoms with Gasteiger partial charge in [0.25, 0.3) is 10.0 Å². The van der Waals surface area contributed by atoms with Gasteiger partial charge in [0.15, 0.2) is 9.04 Å². The molecule has 5 heteroatoms. The maximum atomic E-state index is 5.99. The first kappa shape index (κ1) is 13.6. The van der Waals surface area contributed by atoms with E-state index in [4.69, 9.17) is 8.23 Å². The highest BCUT2D eigenvalue weighted by Gasteiger charge is 2.24. The second-order valence-electron chi connectivity index (χ2n) is 3.81. The predicted molar refractivity (Wildman–Crippen MR) is 67.2 cm³/mol. The van der Waals surface area contributed by atoms with Gasteiger partial charge in [0.1, 0.15) is 10.5 Å². The van der Waals surface area contributed by atoms with Crippen LogP contribution in [-0.4, -0.2) is 29.5 Å². The SMILES string of the molecule is CCC(C)[SiH](O[SiH2]O[SiH3])C(C)CC. The van der Waals surface area contributed by atoms with Crippen molar-refractivity contribution in [3.05, 3.63) is 0 Å². The van der Waals surface area contributed by atoms with E-state index in [1.165, 1.54) is 12.8 Å². The number of rotatable bonds is 7. The molecule has 0 saturated heterocycles. The molecule has 0 aliphatic heterocycles. The summed E-state index contributed by atoms with van der Waals surface area (Å²) in [6.45, 7) is 9.20. The Morgan fingerprint density at radius 1 is 1.23 bits per heavy atom. The molecule has 0 aromatic rings. The molecule has 0 radical (unpaired) electrons. The Kier molecular flexibility index (Phi) is 8.28. The highest BCUT2D eigenvalue weighted by molar-refractivity contribution is 6.60. The summed E-state index contributed by atoms with van der Waals surface area (Å²) in [6.07, 6.45) is 2.52. The topological polar surface area (TPSA) is 18.5 Å². The van der Waals surface area contributed by atoms with Crippen molar-refractivity contribution >= 4 is 29.5 Å². The van der Waals surface area contributed by atoms with E-state index in [0.717, 1.165) is 21.6 Å². The van der Waals surface area contributed by atoms with Gasteiger partial charge in [-0.1, -0.05) is 40.5 Å². The van der Waals surface area contributed by atoms with Crippen LogP contribution in [0.1, 0.15) is 40.5 Å². The fraction of sp³-hybridized carbons (Fsp3) is 1.00. The van der Waals surface area contributed by atoms with Gasteiger partial charge in [0.05, 0.1) is 0 Å². The lowest BCUT2D eigenvalue weighted by Gasteiger charge is -2.26. The summed E-state index contributed by atoms with van der Waals surface area (Å²) in [4.78, 5) is 0. The molecule has 0 heterocycles. The van der Waals surface area contributed by atoms with Crippen molar-refractivity contribution in [1.82, 2.24) is 0 Å². The molecule has 0 aromatic carbocycles. The molecule has 2 atom stereocenters. The maximum Gasteiger partial charge on any atom is 0.283 e. The van der Waals surface area contributed by atoms with Crippen LogP contribution in [0.4, 0.5) is 0 Å². The first-order chi connectivity index (χ1) is 6.17. The molecule has 0 saturated carbocycles. The van der Waals surface area contributed by atoms with Crippen LogP contribution < -0.4 is 0 Å². The minimum Gasteiger partial charge on any atom is -0.449 e. The molecule has 80 valence electrons. The molecule has 13 heavy (non-hydrogen) atoms. The lowest BCUT2D eigenvalue weighted by Crippen LogP contribution is -2.30. The van der Waals surface area contributed by atoms with Crippen molar-refractivity contribution < 1.29 is 8.23 Å². The van der Waals surface area contributed by atoms with E-state index in [1.807, 2.05) is 0 Å². The van der Waals surface area contributed by atoms with Crippen LogP contribution in [0.5, 0.6) is 0 Å². The average molecular weight is 237 g/mol. The van der Waals surface area contributed by atoms with Gasteiger partial charge in [0.2, 0.25) is 0 Å². The Labute approximate surface area is 89.7 Å². The number of hydrogen-bond donors (Lipinski definition) is 0. The van der Waals surface area contributed by atoms with Gasteiger partial charge >= 0.3 is 0 Å². The largest absolute Gasteiger partial charge is 0.449 e. The van der Waals surface area contributed by atoms with Crippen molar-refractivity contribution in [1.29, 1.82) is 0 Å². The van der Waals surface area contributed by atoms with Crippen LogP contribution in [-0.2, 0) is 8.23 Å². The first-order valence-electron chi connectivity index (χ1n) is 5.27. The number of hydrogen-bond acceptors (Lipinski definition) is 2. The lowest BCUT2D eigenvalue weighted by atomic mass is 10.4. The highest BCUT2D eigenvalue weighted by Crippen LogP contribution is 2.26. The molecule has 0 spiro atoms. The van der Waals surface area contributed by atoms with Gasteiger partial charge in [-0.15, -0.1) is 0 Å². The van der Waals surface area contributed by atoms with Crippen LogP contribution >= 0.6 is 0 Å². The van der Waals surface area contributed by atoms with E-state index in [1.54, 1.807) is 0 Å². The Hall–Kier alpha value is 0.571. The zero-order valence-corrected chi connectivity index (χ0v) is 14.2. The summed E-state index contributed by atoms with van der Waals surface area (Å²) in [5.74, 6) is 0. The normalized spacial score (nSPS) is 19.4. The first-order valence-corrected chi connectivity index (χ1v) is 9.05. The van der Waals surface area contributed by atoms with E-state index in [-0.39, 0.29) is 0 Å². The summed E-state index contributed by atoms with van der Waals surface area (Å²) in [5.41, 5.74) is 1.61. The smallest absolute Gasteiger partial charge is 0.283 e. The van der Waals surface area contributed by atoms with E-state index < -0.39 is 19.0 Å². The monoisotopic (exact) mass is 236 g/mol. The third kappa shape index (κ3) is 5.12. The molecular weight excluding hydrogens is 212 g/mol. The van der Waals surface area contributed by atoms with E-state index in [2.05, 4.69) is 27.7 Å². The van der Waals surface area contributed by atoms with Gasteiger partial charge < -0.3 is 8.23 Å². The Morgan fingerprint density at radius 3 is 2.00 bits per heavy atom. The molecule has 0 N–H and O–H groups in total. The van der Waals surface area contributed by atoms with E-state index >= 15 is 0 Å². The molecular formula is C8H24O2Si3. The van der Waals surface area contributed by atoms with E-state index in [0.29, 0.717) is 0 Å². The highest BCUT2D eigenvalue weighted by atomic mass is 28.4. The van der Waals surface area contributed by atoms with Crippen LogP contribution in [0.25, 0.3) is 0 Å². The predicted octanol–water partition coefficient (Wildman–Crippen LogP) is 0.623. The third-order valence-electron chi connectivity index (χ3n) is 2.79. The molecule has 0 aromatic heterocycles. The Morgan fingerprint density at radius 2 is 1.69 bits per heavy atom. The summed E-state index contributed by atoms with van der Waals surface area (Å²) in [5, 5.41) is 0. The Balaban J connectivity index is 4.01. The minimum absolute atomic E-state index is 0.607. The van der Waals surface area contributed by atoms with Crippen molar-refractivity contribution in [2.24, 2.45) is 0 Å². The second kappa shape index (κ2) is 7.93. The molecule has 0 aliphatic rings. The molecule has 0 rings (SSSR count). The molecule has 0 aliphatic carbocycles. The molecule has 0 fully saturated rings. The molecule has 0 amide bonds. The Bertz CT molecular complexity index is 114. The summed E-state index contributed by atoms with van der Waals surface area (Å²) < 4.78 is 11.2. The molecule has 2 nitrogen and oxygen atoms in total. The van der Waals surface area contributed by atoms with Crippen LogP contribution in [0.15, 0.2) is 0 Å². The maximum absolute atomic E-state index is 5.99. The fourth-order valence-electron chi connectivity index (χ4n) is 1.50. The van der Waals surface area contributed by atoms with Crippen LogP contribution in [0, 0.1) is 0 Å². The summed E-state index contributed by atoms with van der Waals surface area (Å²) in [7, 11) is -0.739. The zero-order valence-electron chi connectivity index (χ0n) is 9.67. The van der Waals surface area contributed by atoms with Gasteiger partial charge in [-0.3, -0.25) is 0 Å². The van der Waals surface area contributed by atoms with E-state index in [9.17, 15) is 0 Å². The lowest BCUT2D eigenvalue weighted by molar-refractivity contribution is 0.463. The molecule has 0 bridgehead atoms. The van der Waals surface area contributed by atoms with Crippen LogP contribution in [0.2, 0.25) is 11.1 Å². The molecule has 2 unspecified atom stereocenters. The van der Waals surface area contributed by atoms with Gasteiger partial charge in [-0.2, -0.15) is 0 Å².